The zero-order valence-corrected chi connectivity index (χ0v) is 20.5. The van der Waals surface area contributed by atoms with Gasteiger partial charge in [0.2, 0.25) is 17.8 Å². The lowest BCUT2D eigenvalue weighted by atomic mass is 9.68. The zero-order valence-electron chi connectivity index (χ0n) is 19.7. The molecule has 2 amide bonds. The molecule has 196 valence electrons. The molecule has 1 saturated carbocycles. The van der Waals surface area contributed by atoms with Crippen molar-refractivity contribution in [2.24, 2.45) is 11.7 Å². The summed E-state index contributed by atoms with van der Waals surface area (Å²) in [4.78, 5) is 36.4. The van der Waals surface area contributed by atoms with Crippen molar-refractivity contribution in [2.45, 2.75) is 43.8 Å². The van der Waals surface area contributed by atoms with Crippen LogP contribution in [0.4, 0.5) is 24.8 Å². The maximum atomic E-state index is 13.1. The summed E-state index contributed by atoms with van der Waals surface area (Å²) in [5.41, 5.74) is 6.58. The molecule has 1 fully saturated rings. The van der Waals surface area contributed by atoms with E-state index in [1.807, 2.05) is 13.0 Å². The predicted octanol–water partition coefficient (Wildman–Crippen LogP) is 3.24. The van der Waals surface area contributed by atoms with Crippen molar-refractivity contribution in [3.63, 3.8) is 0 Å². The Kier molecular flexibility index (Phi) is 7.73. The summed E-state index contributed by atoms with van der Waals surface area (Å²) in [7, 11) is 0. The molecule has 3 aromatic rings. The number of alkyl halides is 3. The minimum atomic E-state index is -4.62. The van der Waals surface area contributed by atoms with Crippen LogP contribution in [0.5, 0.6) is 0 Å². The topological polar surface area (TPSA) is 143 Å². The van der Waals surface area contributed by atoms with E-state index in [9.17, 15) is 27.9 Å². The quantitative estimate of drug-likeness (QED) is 0.364. The van der Waals surface area contributed by atoms with Crippen molar-refractivity contribution in [2.75, 3.05) is 11.9 Å². The lowest BCUT2D eigenvalue weighted by Gasteiger charge is -2.41. The fourth-order valence-corrected chi connectivity index (χ4v) is 5.57. The molecule has 0 bridgehead atoms. The van der Waals surface area contributed by atoms with E-state index in [4.69, 9.17) is 5.73 Å². The molecular formula is C24H25F3N6O3S. The van der Waals surface area contributed by atoms with Crippen molar-refractivity contribution in [1.82, 2.24) is 20.3 Å². The number of carbonyl (C=O) groups is 2. The molecule has 1 aliphatic rings. The molecular weight excluding hydrogens is 509 g/mol. The van der Waals surface area contributed by atoms with Crippen molar-refractivity contribution in [1.29, 1.82) is 0 Å². The van der Waals surface area contributed by atoms with Gasteiger partial charge >= 0.3 is 6.18 Å². The highest BCUT2D eigenvalue weighted by atomic mass is 32.1. The second-order valence-electron chi connectivity index (χ2n) is 8.93. The second-order valence-corrected chi connectivity index (χ2v) is 9.85. The summed E-state index contributed by atoms with van der Waals surface area (Å²) in [5.74, 6) is -2.51. The van der Waals surface area contributed by atoms with E-state index in [2.05, 4.69) is 25.6 Å². The molecule has 4 atom stereocenters. The van der Waals surface area contributed by atoms with Crippen LogP contribution in [0.15, 0.2) is 42.0 Å². The van der Waals surface area contributed by atoms with Gasteiger partial charge in [0.05, 0.1) is 5.01 Å². The summed E-state index contributed by atoms with van der Waals surface area (Å²) in [6.07, 6.45) is -1.25. The smallest absolute Gasteiger partial charge is 0.387 e. The first-order chi connectivity index (χ1) is 17.5. The van der Waals surface area contributed by atoms with Gasteiger partial charge in [0.25, 0.3) is 0 Å². The monoisotopic (exact) mass is 534 g/mol. The third kappa shape index (κ3) is 6.23. The number of hydrogen-bond acceptors (Lipinski definition) is 8. The fraction of sp³-hybridized carbons (Fsp3) is 0.375. The molecule has 37 heavy (non-hydrogen) atoms. The number of aliphatic hydroxyl groups is 1. The normalized spacial score (nSPS) is 21.9. The van der Waals surface area contributed by atoms with Crippen LogP contribution in [-0.4, -0.2) is 44.5 Å². The van der Waals surface area contributed by atoms with Crippen molar-refractivity contribution < 1.29 is 27.9 Å². The van der Waals surface area contributed by atoms with Gasteiger partial charge in [0.15, 0.2) is 0 Å². The van der Waals surface area contributed by atoms with Gasteiger partial charge in [-0.05, 0) is 49.1 Å². The third-order valence-electron chi connectivity index (χ3n) is 6.32. The number of aromatic nitrogens is 3. The highest BCUT2D eigenvalue weighted by Gasteiger charge is 2.43. The van der Waals surface area contributed by atoms with E-state index in [0.29, 0.717) is 18.5 Å². The van der Waals surface area contributed by atoms with Gasteiger partial charge in [-0.2, -0.15) is 13.2 Å². The third-order valence-corrected chi connectivity index (χ3v) is 7.22. The summed E-state index contributed by atoms with van der Waals surface area (Å²) in [6, 6.07) is 5.60. The molecule has 0 aliphatic heterocycles. The molecule has 1 aliphatic carbocycles. The number of carbonyl (C=O) groups excluding carboxylic acids is 2. The number of anilines is 2. The van der Waals surface area contributed by atoms with Crippen molar-refractivity contribution in [3.05, 3.63) is 63.9 Å². The number of aryl methyl sites for hydroxylation is 1. The Bertz CT molecular complexity index is 1270. The Morgan fingerprint density at radius 2 is 1.92 bits per heavy atom. The van der Waals surface area contributed by atoms with E-state index in [1.165, 1.54) is 11.3 Å². The first-order valence-electron chi connectivity index (χ1n) is 11.4. The van der Waals surface area contributed by atoms with Crippen LogP contribution >= 0.6 is 11.3 Å². The Hall–Kier alpha value is -3.58. The zero-order chi connectivity index (χ0) is 26.7. The van der Waals surface area contributed by atoms with Gasteiger partial charge in [0, 0.05) is 47.3 Å². The van der Waals surface area contributed by atoms with Crippen LogP contribution < -0.4 is 16.4 Å². The Morgan fingerprint density at radius 3 is 2.57 bits per heavy atom. The van der Waals surface area contributed by atoms with Gasteiger partial charge in [-0.25, -0.2) is 15.0 Å². The summed E-state index contributed by atoms with van der Waals surface area (Å²) >= 11 is 1.39. The van der Waals surface area contributed by atoms with E-state index in [0.717, 1.165) is 28.4 Å². The van der Waals surface area contributed by atoms with Crippen molar-refractivity contribution >= 4 is 34.8 Å². The van der Waals surface area contributed by atoms with Gasteiger partial charge in [-0.1, -0.05) is 6.07 Å². The van der Waals surface area contributed by atoms with Crippen LogP contribution in [0.1, 0.15) is 46.5 Å². The van der Waals surface area contributed by atoms with E-state index >= 15 is 0 Å². The van der Waals surface area contributed by atoms with Crippen LogP contribution in [0.2, 0.25) is 0 Å². The second kappa shape index (κ2) is 10.8. The lowest BCUT2D eigenvalue weighted by molar-refractivity contribution is -0.141. The minimum Gasteiger partial charge on any atom is -0.387 e. The molecule has 5 N–H and O–H groups in total. The molecule has 2 heterocycles. The van der Waals surface area contributed by atoms with Crippen LogP contribution in [0.25, 0.3) is 0 Å². The number of nitrogens with two attached hydrogens (primary N) is 1. The van der Waals surface area contributed by atoms with E-state index in [1.54, 1.807) is 23.7 Å². The summed E-state index contributed by atoms with van der Waals surface area (Å²) in [6.45, 7) is 1.11. The van der Waals surface area contributed by atoms with Gasteiger partial charge in [0.1, 0.15) is 12.3 Å². The SMILES string of the molecule is Cc1cc(Nc2nccc(C(F)(F)F)n2)cc(C2C[C@@H](C(N)=O)C[C@@H](c3nccs3)C2NC(=O)CO)c1. The maximum absolute atomic E-state index is 13.1. The van der Waals surface area contributed by atoms with Gasteiger partial charge < -0.3 is 21.5 Å². The summed E-state index contributed by atoms with van der Waals surface area (Å²) in [5, 5.41) is 17.6. The maximum Gasteiger partial charge on any atom is 0.433 e. The fourth-order valence-electron chi connectivity index (χ4n) is 4.77. The molecule has 0 spiro atoms. The average molecular weight is 535 g/mol. The molecule has 4 rings (SSSR count). The van der Waals surface area contributed by atoms with Crippen LogP contribution in [-0.2, 0) is 15.8 Å². The number of halogens is 3. The molecule has 0 radical (unpaired) electrons. The molecule has 2 unspecified atom stereocenters. The van der Waals surface area contributed by atoms with E-state index in [-0.39, 0.29) is 11.9 Å². The number of primary amides is 1. The highest BCUT2D eigenvalue weighted by Crippen LogP contribution is 2.45. The predicted molar refractivity (Wildman–Crippen MR) is 130 cm³/mol. The highest BCUT2D eigenvalue weighted by molar-refractivity contribution is 7.09. The number of nitrogens with one attached hydrogen (secondary N) is 2. The summed E-state index contributed by atoms with van der Waals surface area (Å²) < 4.78 is 39.3. The first-order valence-corrected chi connectivity index (χ1v) is 12.3. The largest absolute Gasteiger partial charge is 0.433 e. The van der Waals surface area contributed by atoms with Crippen molar-refractivity contribution in [3.8, 4) is 0 Å². The Balaban J connectivity index is 1.73. The molecule has 2 aromatic heterocycles. The standard InChI is InChI=1S/C24H25F3N6O3S/c1-12-6-13(8-15(7-12)31-23-30-3-2-18(32-23)24(25,26)27)16-9-14(21(28)36)10-17(22-29-4-5-37-22)20(16)33-19(35)11-34/h2-8,14,16-17,20,34H,9-11H2,1H3,(H2,28,36)(H,33,35)(H,30,31,32)/t14-,16?,17-,20?/m1/s1. The Labute approximate surface area is 214 Å². The molecule has 9 nitrogen and oxygen atoms in total. The lowest BCUT2D eigenvalue weighted by Crippen LogP contribution is -2.49. The average Bonchev–Trinajstić information content (AvgIpc) is 3.38. The van der Waals surface area contributed by atoms with Gasteiger partial charge in [-0.15, -0.1) is 11.3 Å². The molecule has 1 aromatic carbocycles. The number of hydrogen-bond donors (Lipinski definition) is 4. The minimum absolute atomic E-state index is 0.226. The number of aliphatic hydroxyl groups excluding tert-OH is 1. The first kappa shape index (κ1) is 26.5. The van der Waals surface area contributed by atoms with E-state index < -0.39 is 48.2 Å². The number of amides is 2. The Morgan fingerprint density at radius 1 is 1.16 bits per heavy atom. The van der Waals surface area contributed by atoms with Gasteiger partial charge in [-0.3, -0.25) is 9.59 Å². The van der Waals surface area contributed by atoms with Crippen LogP contribution in [0, 0.1) is 12.8 Å². The number of thiazole rings is 1. The number of nitrogens with zero attached hydrogens (tertiary/aromatic N) is 3. The number of rotatable bonds is 7. The molecule has 0 saturated heterocycles. The molecule has 13 heteroatoms. The number of benzene rings is 1. The van der Waals surface area contributed by atoms with Crippen LogP contribution in [0.3, 0.4) is 0 Å².